The van der Waals surface area contributed by atoms with Crippen molar-refractivity contribution in [2.75, 3.05) is 33.2 Å². The monoisotopic (exact) mass is 263 g/mol. The van der Waals surface area contributed by atoms with Crippen LogP contribution in [0.5, 0.6) is 0 Å². The molecule has 108 valence electrons. The molecule has 3 heteroatoms. The number of rotatable bonds is 9. The maximum Gasteiger partial charge on any atom is 0.0416 e. The van der Waals surface area contributed by atoms with Crippen LogP contribution in [0.4, 0.5) is 0 Å². The number of likely N-dealkylation sites (N-methyl/N-ethyl adjacent to an activating group) is 1. The van der Waals surface area contributed by atoms with Crippen LogP contribution in [0.3, 0.4) is 0 Å². The van der Waals surface area contributed by atoms with Crippen LogP contribution in [0.2, 0.25) is 0 Å². The highest BCUT2D eigenvalue weighted by Gasteiger charge is 2.07. The van der Waals surface area contributed by atoms with Crippen LogP contribution < -0.4 is 5.32 Å². The van der Waals surface area contributed by atoms with E-state index in [9.17, 15) is 0 Å². The fourth-order valence-electron chi connectivity index (χ4n) is 2.16. The first kappa shape index (κ1) is 16.1. The van der Waals surface area contributed by atoms with E-state index >= 15 is 0 Å². The van der Waals surface area contributed by atoms with Crippen molar-refractivity contribution in [2.24, 2.45) is 11.8 Å². The van der Waals surface area contributed by atoms with Gasteiger partial charge in [-0.05, 0) is 44.1 Å². The minimum absolute atomic E-state index is 0.687. The summed E-state index contributed by atoms with van der Waals surface area (Å²) in [5.74, 6) is 1.42. The summed E-state index contributed by atoms with van der Waals surface area (Å²) in [6, 6.07) is 6.12. The van der Waals surface area contributed by atoms with Crippen molar-refractivity contribution in [1.29, 1.82) is 0 Å². The van der Waals surface area contributed by atoms with Crippen molar-refractivity contribution in [2.45, 2.75) is 27.2 Å². The molecule has 0 aliphatic carbocycles. The third-order valence-electron chi connectivity index (χ3n) is 3.14. The lowest BCUT2D eigenvalue weighted by Gasteiger charge is -2.21. The molecule has 0 radical (unpaired) electrons. The fraction of sp³-hybridized carbons (Fsp3) is 0.688. The smallest absolute Gasteiger partial charge is 0.0416 e. The van der Waals surface area contributed by atoms with E-state index in [4.69, 9.17) is 0 Å². The van der Waals surface area contributed by atoms with E-state index in [1.54, 1.807) is 0 Å². The molecule has 1 atom stereocenters. The van der Waals surface area contributed by atoms with Crippen LogP contribution in [0, 0.1) is 11.8 Å². The van der Waals surface area contributed by atoms with Crippen LogP contribution in [0.15, 0.2) is 24.4 Å². The van der Waals surface area contributed by atoms with Gasteiger partial charge in [0, 0.05) is 31.4 Å². The molecule has 0 fully saturated rings. The molecule has 0 aliphatic rings. The van der Waals surface area contributed by atoms with Crippen LogP contribution in [-0.4, -0.2) is 43.1 Å². The Morgan fingerprint density at radius 2 is 2.00 bits per heavy atom. The predicted molar refractivity (Wildman–Crippen MR) is 82.3 cm³/mol. The molecule has 1 aromatic heterocycles. The average Bonchev–Trinajstić information content (AvgIpc) is 2.37. The molecule has 1 unspecified atom stereocenters. The first-order chi connectivity index (χ1) is 9.08. The number of aromatic nitrogens is 1. The van der Waals surface area contributed by atoms with Gasteiger partial charge in [-0.1, -0.05) is 26.8 Å². The molecule has 1 aromatic rings. The zero-order valence-electron chi connectivity index (χ0n) is 12.9. The number of hydrogen-bond acceptors (Lipinski definition) is 3. The molecule has 3 nitrogen and oxygen atoms in total. The second-order valence-corrected chi connectivity index (χ2v) is 5.99. The Bertz CT molecular complexity index is 324. The van der Waals surface area contributed by atoms with Gasteiger partial charge >= 0.3 is 0 Å². The topological polar surface area (TPSA) is 28.2 Å². The molecule has 19 heavy (non-hydrogen) atoms. The van der Waals surface area contributed by atoms with E-state index in [1.165, 1.54) is 5.69 Å². The average molecular weight is 263 g/mol. The molecule has 0 aliphatic heterocycles. The molecule has 1 heterocycles. The second-order valence-electron chi connectivity index (χ2n) is 5.99. The van der Waals surface area contributed by atoms with Crippen molar-refractivity contribution in [3.63, 3.8) is 0 Å². The van der Waals surface area contributed by atoms with Crippen LogP contribution in [-0.2, 0) is 6.42 Å². The summed E-state index contributed by atoms with van der Waals surface area (Å²) in [7, 11) is 2.20. The van der Waals surface area contributed by atoms with Gasteiger partial charge in [0.25, 0.3) is 0 Å². The van der Waals surface area contributed by atoms with E-state index in [2.05, 4.69) is 55.2 Å². The van der Waals surface area contributed by atoms with E-state index in [0.29, 0.717) is 5.92 Å². The quantitative estimate of drug-likeness (QED) is 0.742. The minimum atomic E-state index is 0.687. The van der Waals surface area contributed by atoms with Crippen molar-refractivity contribution < 1.29 is 0 Å². The highest BCUT2D eigenvalue weighted by Crippen LogP contribution is 2.00. The molecule has 1 N–H and O–H groups in total. The maximum absolute atomic E-state index is 4.36. The van der Waals surface area contributed by atoms with E-state index < -0.39 is 0 Å². The summed E-state index contributed by atoms with van der Waals surface area (Å²) in [6.07, 6.45) is 2.90. The van der Waals surface area contributed by atoms with Crippen LogP contribution >= 0.6 is 0 Å². The summed E-state index contributed by atoms with van der Waals surface area (Å²) in [5.41, 5.74) is 1.18. The molecule has 1 rings (SSSR count). The zero-order valence-corrected chi connectivity index (χ0v) is 12.9. The van der Waals surface area contributed by atoms with Gasteiger partial charge < -0.3 is 10.2 Å². The highest BCUT2D eigenvalue weighted by atomic mass is 15.1. The molecule has 0 bridgehead atoms. The van der Waals surface area contributed by atoms with Crippen LogP contribution in [0.1, 0.15) is 26.5 Å². The lowest BCUT2D eigenvalue weighted by molar-refractivity contribution is 0.281. The van der Waals surface area contributed by atoms with Crippen molar-refractivity contribution >= 4 is 0 Å². The van der Waals surface area contributed by atoms with E-state index in [1.807, 2.05) is 12.3 Å². The zero-order chi connectivity index (χ0) is 14.1. The Labute approximate surface area is 118 Å². The first-order valence-corrected chi connectivity index (χ1v) is 7.37. The van der Waals surface area contributed by atoms with Crippen molar-refractivity contribution in [1.82, 2.24) is 15.2 Å². The molecule has 0 amide bonds. The lowest BCUT2D eigenvalue weighted by atomic mass is 10.1. The summed E-state index contributed by atoms with van der Waals surface area (Å²) >= 11 is 0. The summed E-state index contributed by atoms with van der Waals surface area (Å²) in [5, 5.41) is 3.52. The number of hydrogen-bond donors (Lipinski definition) is 1. The van der Waals surface area contributed by atoms with Crippen molar-refractivity contribution in [3.8, 4) is 0 Å². The van der Waals surface area contributed by atoms with Crippen molar-refractivity contribution in [3.05, 3.63) is 30.1 Å². The van der Waals surface area contributed by atoms with Crippen LogP contribution in [0.25, 0.3) is 0 Å². The van der Waals surface area contributed by atoms with Gasteiger partial charge in [-0.25, -0.2) is 0 Å². The number of nitrogens with zero attached hydrogens (tertiary/aromatic N) is 2. The van der Waals surface area contributed by atoms with Gasteiger partial charge in [-0.15, -0.1) is 0 Å². The van der Waals surface area contributed by atoms with E-state index in [0.717, 1.165) is 38.5 Å². The largest absolute Gasteiger partial charge is 0.316 e. The highest BCUT2D eigenvalue weighted by molar-refractivity contribution is 5.03. The normalized spacial score (nSPS) is 13.2. The Morgan fingerprint density at radius 3 is 2.63 bits per heavy atom. The molecule has 0 saturated heterocycles. The Kier molecular flexibility index (Phi) is 7.68. The third-order valence-corrected chi connectivity index (χ3v) is 3.14. The standard InChI is InChI=1S/C16H29N3/c1-14(2)11-17-12-15(3)13-19(4)10-8-16-7-5-6-9-18-16/h5-7,9,14-15,17H,8,10-13H2,1-4H3. The number of nitrogens with one attached hydrogen (secondary N) is 1. The number of pyridine rings is 1. The maximum atomic E-state index is 4.36. The first-order valence-electron chi connectivity index (χ1n) is 7.37. The molecule has 0 spiro atoms. The van der Waals surface area contributed by atoms with E-state index in [-0.39, 0.29) is 0 Å². The summed E-state index contributed by atoms with van der Waals surface area (Å²) in [4.78, 5) is 6.76. The van der Waals surface area contributed by atoms with Gasteiger partial charge in [0.15, 0.2) is 0 Å². The van der Waals surface area contributed by atoms with Gasteiger partial charge in [-0.2, -0.15) is 0 Å². The molecule has 0 saturated carbocycles. The fourth-order valence-corrected chi connectivity index (χ4v) is 2.16. The lowest BCUT2D eigenvalue weighted by Crippen LogP contribution is -2.33. The van der Waals surface area contributed by atoms with Gasteiger partial charge in [0.2, 0.25) is 0 Å². The predicted octanol–water partition coefficient (Wildman–Crippen LogP) is 2.44. The SMILES string of the molecule is CC(C)CNCC(C)CN(C)CCc1ccccn1. The molecule has 0 aromatic carbocycles. The van der Waals surface area contributed by atoms with Gasteiger partial charge in [-0.3, -0.25) is 4.98 Å². The Morgan fingerprint density at radius 1 is 1.21 bits per heavy atom. The molecular formula is C16H29N3. The summed E-state index contributed by atoms with van der Waals surface area (Å²) < 4.78 is 0. The Balaban J connectivity index is 2.14. The van der Waals surface area contributed by atoms with Gasteiger partial charge in [0.1, 0.15) is 0 Å². The Hall–Kier alpha value is -0.930. The van der Waals surface area contributed by atoms with Gasteiger partial charge in [0.05, 0.1) is 0 Å². The molecular weight excluding hydrogens is 234 g/mol. The second kappa shape index (κ2) is 9.05. The third kappa shape index (κ3) is 7.96. The summed E-state index contributed by atoms with van der Waals surface area (Å²) in [6.45, 7) is 11.2. The minimum Gasteiger partial charge on any atom is -0.316 e.